The molecule has 10 heteroatoms. The molecule has 0 radical (unpaired) electrons. The van der Waals surface area contributed by atoms with Crippen molar-refractivity contribution in [1.82, 2.24) is 20.1 Å². The molecular formula is C20H22N4O5S. The molecule has 1 saturated carbocycles. The number of aryl methyl sites for hydroxylation is 1. The smallest absolute Gasteiger partial charge is 0.339 e. The zero-order valence-corrected chi connectivity index (χ0v) is 17.4. The number of fused-ring (bicyclic) bond motifs is 1. The van der Waals surface area contributed by atoms with Gasteiger partial charge in [-0.15, -0.1) is 6.42 Å². The summed E-state index contributed by atoms with van der Waals surface area (Å²) in [6.45, 7) is 1.35. The van der Waals surface area contributed by atoms with Crippen molar-refractivity contribution in [2.75, 3.05) is 24.7 Å². The standard InChI is InChI=1S/C20H22N4O5S/c1-3-7-21-17(25)10-29-20(26)15-9-16(13-4-5-13)22-19-18(15)12(2)23-24(19)14-6-8-30(27,28)11-14/h1,9,13-14H,4-8,10-11H2,2H3,(H,21,25)/t14-/m1/s1. The number of pyridine rings is 1. The summed E-state index contributed by atoms with van der Waals surface area (Å²) in [5, 5.41) is 7.48. The summed E-state index contributed by atoms with van der Waals surface area (Å²) >= 11 is 0. The van der Waals surface area contributed by atoms with Gasteiger partial charge >= 0.3 is 5.97 Å². The minimum Gasteiger partial charge on any atom is -0.452 e. The van der Waals surface area contributed by atoms with Crippen molar-refractivity contribution < 1.29 is 22.7 Å². The molecule has 30 heavy (non-hydrogen) atoms. The topological polar surface area (TPSA) is 120 Å². The predicted molar refractivity (Wildman–Crippen MR) is 109 cm³/mol. The fourth-order valence-corrected chi connectivity index (χ4v) is 5.41. The average Bonchev–Trinajstić information content (AvgIpc) is 3.43. The van der Waals surface area contributed by atoms with E-state index >= 15 is 0 Å². The number of nitrogens with zero attached hydrogens (tertiary/aromatic N) is 3. The number of terminal acetylenes is 1. The van der Waals surface area contributed by atoms with Crippen LogP contribution in [0.5, 0.6) is 0 Å². The first-order chi connectivity index (χ1) is 14.3. The molecule has 0 aromatic carbocycles. The maximum atomic E-state index is 12.8. The Morgan fingerprint density at radius 1 is 1.37 bits per heavy atom. The quantitative estimate of drug-likeness (QED) is 0.534. The highest BCUT2D eigenvalue weighted by atomic mass is 32.2. The van der Waals surface area contributed by atoms with Crippen molar-refractivity contribution in [2.24, 2.45) is 0 Å². The van der Waals surface area contributed by atoms with Gasteiger partial charge in [-0.3, -0.25) is 4.79 Å². The second-order valence-corrected chi connectivity index (χ2v) is 9.94. The molecular weight excluding hydrogens is 408 g/mol. The van der Waals surface area contributed by atoms with Gasteiger partial charge in [-0.05, 0) is 32.3 Å². The van der Waals surface area contributed by atoms with E-state index in [9.17, 15) is 18.0 Å². The molecule has 1 aliphatic carbocycles. The van der Waals surface area contributed by atoms with Gasteiger partial charge in [0.05, 0.1) is 40.7 Å². The Labute approximate surface area is 174 Å². The van der Waals surface area contributed by atoms with Crippen molar-refractivity contribution in [3.8, 4) is 12.3 Å². The van der Waals surface area contributed by atoms with Gasteiger partial charge in [0, 0.05) is 11.6 Å². The van der Waals surface area contributed by atoms with Crippen LogP contribution in [-0.4, -0.2) is 59.7 Å². The van der Waals surface area contributed by atoms with Crippen LogP contribution in [0.25, 0.3) is 11.0 Å². The second kappa shape index (κ2) is 7.72. The van der Waals surface area contributed by atoms with Gasteiger partial charge in [0.25, 0.3) is 5.91 Å². The van der Waals surface area contributed by atoms with Crippen LogP contribution >= 0.6 is 0 Å². The first-order valence-electron chi connectivity index (χ1n) is 9.76. The van der Waals surface area contributed by atoms with Gasteiger partial charge < -0.3 is 10.1 Å². The van der Waals surface area contributed by atoms with E-state index < -0.39 is 28.3 Å². The zero-order valence-electron chi connectivity index (χ0n) is 16.6. The maximum absolute atomic E-state index is 12.8. The molecule has 0 unspecified atom stereocenters. The largest absolute Gasteiger partial charge is 0.452 e. The van der Waals surface area contributed by atoms with Crippen LogP contribution in [0.1, 0.15) is 53.0 Å². The third-order valence-electron chi connectivity index (χ3n) is 5.35. The third-order valence-corrected chi connectivity index (χ3v) is 7.10. The SMILES string of the molecule is C#CCNC(=O)COC(=O)c1cc(C2CC2)nc2c1c(C)nn2[C@@H]1CCS(=O)(=O)C1. The molecule has 3 heterocycles. The molecule has 4 rings (SSSR count). The van der Waals surface area contributed by atoms with Crippen molar-refractivity contribution in [2.45, 2.75) is 38.1 Å². The Balaban J connectivity index is 1.70. The molecule has 1 aliphatic heterocycles. The highest BCUT2D eigenvalue weighted by Gasteiger charge is 2.34. The lowest BCUT2D eigenvalue weighted by atomic mass is 10.1. The first kappa shape index (κ1) is 20.3. The number of rotatable bonds is 6. The maximum Gasteiger partial charge on any atom is 0.339 e. The molecule has 9 nitrogen and oxygen atoms in total. The average molecular weight is 430 g/mol. The number of amides is 1. The van der Waals surface area contributed by atoms with E-state index in [1.165, 1.54) is 0 Å². The molecule has 1 atom stereocenters. The summed E-state index contributed by atoms with van der Waals surface area (Å²) in [7, 11) is -3.11. The normalized spacial score (nSPS) is 20.1. The molecule has 1 N–H and O–H groups in total. The second-order valence-electron chi connectivity index (χ2n) is 7.71. The van der Waals surface area contributed by atoms with Crippen LogP contribution in [0.2, 0.25) is 0 Å². The van der Waals surface area contributed by atoms with E-state index in [4.69, 9.17) is 16.1 Å². The minimum atomic E-state index is -3.11. The summed E-state index contributed by atoms with van der Waals surface area (Å²) in [6.07, 6.45) is 7.52. The molecule has 0 spiro atoms. The highest BCUT2D eigenvalue weighted by molar-refractivity contribution is 7.91. The van der Waals surface area contributed by atoms with Crippen LogP contribution in [0, 0.1) is 19.3 Å². The fourth-order valence-electron chi connectivity index (χ4n) is 3.71. The van der Waals surface area contributed by atoms with E-state index in [1.54, 1.807) is 17.7 Å². The van der Waals surface area contributed by atoms with Crippen molar-refractivity contribution in [3.63, 3.8) is 0 Å². The summed E-state index contributed by atoms with van der Waals surface area (Å²) in [5.41, 5.74) is 2.10. The number of hydrogen-bond acceptors (Lipinski definition) is 7. The van der Waals surface area contributed by atoms with Crippen molar-refractivity contribution in [3.05, 3.63) is 23.0 Å². The van der Waals surface area contributed by atoms with Crippen LogP contribution in [0.3, 0.4) is 0 Å². The summed E-state index contributed by atoms with van der Waals surface area (Å²) in [6, 6.07) is 1.39. The van der Waals surface area contributed by atoms with Crippen LogP contribution in [0.15, 0.2) is 6.07 Å². The predicted octanol–water partition coefficient (Wildman–Crippen LogP) is 0.883. The minimum absolute atomic E-state index is 0.00762. The lowest BCUT2D eigenvalue weighted by Gasteiger charge is -2.11. The zero-order chi connectivity index (χ0) is 21.5. The molecule has 2 aliphatic rings. The monoisotopic (exact) mass is 430 g/mol. The lowest BCUT2D eigenvalue weighted by Crippen LogP contribution is -2.29. The van der Waals surface area contributed by atoms with Crippen LogP contribution in [0.4, 0.5) is 0 Å². The number of sulfone groups is 1. The molecule has 158 valence electrons. The number of aromatic nitrogens is 3. The van der Waals surface area contributed by atoms with Gasteiger partial charge in [0.1, 0.15) is 0 Å². The summed E-state index contributed by atoms with van der Waals surface area (Å²) in [4.78, 5) is 29.3. The molecule has 1 saturated heterocycles. The highest BCUT2D eigenvalue weighted by Crippen LogP contribution is 2.41. The van der Waals surface area contributed by atoms with Gasteiger partial charge in [-0.1, -0.05) is 5.92 Å². The Hall–Kier alpha value is -2.93. The van der Waals surface area contributed by atoms with Crippen molar-refractivity contribution >= 4 is 32.7 Å². The lowest BCUT2D eigenvalue weighted by molar-refractivity contribution is -0.123. The van der Waals surface area contributed by atoms with E-state index in [2.05, 4.69) is 16.3 Å². The Bertz CT molecular complexity index is 1170. The summed E-state index contributed by atoms with van der Waals surface area (Å²) in [5.74, 6) is 1.52. The van der Waals surface area contributed by atoms with Gasteiger partial charge in [-0.25, -0.2) is 22.9 Å². The molecule has 1 amide bonds. The first-order valence-corrected chi connectivity index (χ1v) is 11.6. The van der Waals surface area contributed by atoms with E-state index in [0.717, 1.165) is 18.5 Å². The Morgan fingerprint density at radius 3 is 2.77 bits per heavy atom. The number of ether oxygens (including phenoxy) is 1. The number of nitrogens with one attached hydrogen (secondary N) is 1. The van der Waals surface area contributed by atoms with E-state index in [0.29, 0.717) is 23.1 Å². The number of carbonyl (C=O) groups excluding carboxylic acids is 2. The van der Waals surface area contributed by atoms with Gasteiger partial charge in [-0.2, -0.15) is 5.10 Å². The Morgan fingerprint density at radius 2 is 2.13 bits per heavy atom. The van der Waals surface area contributed by atoms with E-state index in [-0.39, 0.29) is 35.6 Å². The Kier molecular flexibility index (Phi) is 5.24. The van der Waals surface area contributed by atoms with Gasteiger partial charge in [0.15, 0.2) is 22.1 Å². The van der Waals surface area contributed by atoms with Gasteiger partial charge in [0.2, 0.25) is 0 Å². The van der Waals surface area contributed by atoms with E-state index in [1.807, 2.05) is 0 Å². The molecule has 2 aromatic rings. The molecule has 2 fully saturated rings. The third kappa shape index (κ3) is 4.03. The number of esters is 1. The van der Waals surface area contributed by atoms with Crippen LogP contribution in [-0.2, 0) is 19.4 Å². The van der Waals surface area contributed by atoms with Crippen molar-refractivity contribution in [1.29, 1.82) is 0 Å². The molecule has 2 aromatic heterocycles. The van der Waals surface area contributed by atoms with Crippen LogP contribution < -0.4 is 5.32 Å². The molecule has 0 bridgehead atoms. The number of carbonyl (C=O) groups is 2. The fraction of sp³-hybridized carbons (Fsp3) is 0.500. The number of hydrogen-bond donors (Lipinski definition) is 1. The summed E-state index contributed by atoms with van der Waals surface area (Å²) < 4.78 is 30.7.